The molecule has 0 aromatic heterocycles. The van der Waals surface area contributed by atoms with Crippen molar-refractivity contribution in [2.24, 2.45) is 0 Å². The molecule has 4 aromatic rings. The monoisotopic (exact) mass is 543 g/mol. The molecule has 0 saturated heterocycles. The van der Waals surface area contributed by atoms with Crippen molar-refractivity contribution in [2.75, 3.05) is 19.1 Å². The number of likely N-dealkylation sites (N-methyl/N-ethyl adjacent to an activating group) is 1. The van der Waals surface area contributed by atoms with Crippen molar-refractivity contribution in [1.82, 2.24) is 10.6 Å². The second kappa shape index (κ2) is 12.3. The number of hydrogen-bond donors (Lipinski definition) is 2. The molecule has 2 amide bonds. The van der Waals surface area contributed by atoms with Gasteiger partial charge in [-0.25, -0.2) is 0 Å². The van der Waals surface area contributed by atoms with E-state index in [1.807, 2.05) is 42.5 Å². The summed E-state index contributed by atoms with van der Waals surface area (Å²) in [5.41, 5.74) is 5.17. The van der Waals surface area contributed by atoms with Crippen molar-refractivity contribution in [2.45, 2.75) is 38.4 Å². The van der Waals surface area contributed by atoms with Crippen LogP contribution in [0.3, 0.4) is 0 Å². The topological polar surface area (TPSA) is 70.7 Å². The van der Waals surface area contributed by atoms with Crippen LogP contribution < -0.4 is 20.3 Å². The average Bonchev–Trinajstić information content (AvgIpc) is 3.09. The predicted octanol–water partition coefficient (Wildman–Crippen LogP) is 5.51. The lowest BCUT2D eigenvalue weighted by Crippen LogP contribution is -2.52. The summed E-state index contributed by atoms with van der Waals surface area (Å²) in [6, 6.07) is 27.7. The van der Waals surface area contributed by atoms with E-state index in [1.54, 1.807) is 26.0 Å². The third-order valence-corrected chi connectivity index (χ3v) is 7.42. The number of para-hydroxylation sites is 1. The van der Waals surface area contributed by atoms with Crippen LogP contribution in [-0.4, -0.2) is 38.1 Å². The molecule has 7 heteroatoms. The van der Waals surface area contributed by atoms with Crippen LogP contribution in [0, 0.1) is 0 Å². The van der Waals surface area contributed by atoms with Gasteiger partial charge in [-0.1, -0.05) is 66.7 Å². The summed E-state index contributed by atoms with van der Waals surface area (Å²) in [6.45, 7) is 2.11. The highest BCUT2D eigenvalue weighted by Gasteiger charge is 2.33. The Morgan fingerprint density at radius 2 is 1.74 bits per heavy atom. The predicted molar refractivity (Wildman–Crippen MR) is 160 cm³/mol. The third-order valence-electron chi connectivity index (χ3n) is 7.42. The second-order valence-electron chi connectivity index (χ2n) is 9.71. The van der Waals surface area contributed by atoms with Gasteiger partial charge in [-0.15, -0.1) is 12.4 Å². The smallest absolute Gasteiger partial charge is 0.249 e. The molecule has 0 saturated carbocycles. The maximum absolute atomic E-state index is 14.0. The Hall–Kier alpha value is -3.87. The molecule has 0 aliphatic carbocycles. The number of carbonyl (C=O) groups is 2. The molecule has 39 heavy (non-hydrogen) atoms. The van der Waals surface area contributed by atoms with Gasteiger partial charge in [-0.05, 0) is 72.5 Å². The summed E-state index contributed by atoms with van der Waals surface area (Å²) in [5, 5.41) is 8.03. The van der Waals surface area contributed by atoms with E-state index in [0.29, 0.717) is 19.4 Å². The maximum Gasteiger partial charge on any atom is 0.249 e. The number of nitrogens with one attached hydrogen (secondary N) is 2. The molecule has 1 heterocycles. The fourth-order valence-corrected chi connectivity index (χ4v) is 5.14. The number of halogens is 1. The minimum atomic E-state index is -0.614. The van der Waals surface area contributed by atoms with Crippen LogP contribution >= 0.6 is 12.4 Å². The van der Waals surface area contributed by atoms with Crippen LogP contribution in [0.1, 0.15) is 24.5 Å². The fourth-order valence-electron chi connectivity index (χ4n) is 5.14. The van der Waals surface area contributed by atoms with Gasteiger partial charge in [0.05, 0.1) is 19.7 Å². The molecule has 2 unspecified atom stereocenters. The van der Waals surface area contributed by atoms with Gasteiger partial charge < -0.3 is 20.3 Å². The molecule has 1 aliphatic rings. The molecule has 0 radical (unpaired) electrons. The van der Waals surface area contributed by atoms with Gasteiger partial charge in [0.25, 0.3) is 0 Å². The number of fused-ring (bicyclic) bond motifs is 2. The van der Waals surface area contributed by atoms with Crippen molar-refractivity contribution in [1.29, 1.82) is 0 Å². The summed E-state index contributed by atoms with van der Waals surface area (Å²) in [4.78, 5) is 28.5. The molecule has 2 atom stereocenters. The summed E-state index contributed by atoms with van der Waals surface area (Å²) in [5.74, 6) is 0.420. The van der Waals surface area contributed by atoms with E-state index >= 15 is 0 Å². The standard InChI is InChI=1S/C32H33N3O3.ClH/c1-21(33-2)31(36)34-28-17-14-23-11-7-8-12-29(23)35(32(28)37)20-27-26-16-13-24(22-9-5-4-6-10-22)19-25(26)15-18-30(27)38-3;/h4-13,15-16,18-19,21,28,33H,14,17,20H2,1-3H3,(H,34,36);1H. The Balaban J connectivity index is 0.00000353. The highest BCUT2D eigenvalue weighted by atomic mass is 35.5. The molecule has 4 aromatic carbocycles. The number of carbonyl (C=O) groups excluding carboxylic acids is 2. The zero-order chi connectivity index (χ0) is 26.6. The molecule has 0 bridgehead atoms. The molecule has 2 N–H and O–H groups in total. The van der Waals surface area contributed by atoms with Crippen LogP contribution in [0.4, 0.5) is 5.69 Å². The number of methoxy groups -OCH3 is 1. The van der Waals surface area contributed by atoms with Crippen molar-refractivity contribution in [3.8, 4) is 16.9 Å². The molecule has 6 nitrogen and oxygen atoms in total. The molecule has 5 rings (SSSR count). The average molecular weight is 544 g/mol. The molecular weight excluding hydrogens is 510 g/mol. The summed E-state index contributed by atoms with van der Waals surface area (Å²) >= 11 is 0. The Kier molecular flexibility index (Phi) is 8.90. The number of aryl methyl sites for hydroxylation is 1. The quantitative estimate of drug-likeness (QED) is 0.322. The largest absolute Gasteiger partial charge is 0.496 e. The molecule has 0 fully saturated rings. The van der Waals surface area contributed by atoms with Crippen LogP contribution in [-0.2, 0) is 22.6 Å². The highest BCUT2D eigenvalue weighted by molar-refractivity contribution is 6.02. The minimum absolute atomic E-state index is 0. The summed E-state index contributed by atoms with van der Waals surface area (Å²) in [7, 11) is 3.39. The Morgan fingerprint density at radius 1 is 1.00 bits per heavy atom. The first kappa shape index (κ1) is 28.1. The van der Waals surface area contributed by atoms with E-state index in [-0.39, 0.29) is 30.3 Å². The van der Waals surface area contributed by atoms with Crippen molar-refractivity contribution < 1.29 is 14.3 Å². The second-order valence-corrected chi connectivity index (χ2v) is 9.71. The van der Waals surface area contributed by atoms with E-state index in [2.05, 4.69) is 53.1 Å². The highest BCUT2D eigenvalue weighted by Crippen LogP contribution is 2.35. The van der Waals surface area contributed by atoms with Crippen molar-refractivity contribution in [3.05, 3.63) is 96.1 Å². The van der Waals surface area contributed by atoms with Crippen LogP contribution in [0.25, 0.3) is 21.9 Å². The van der Waals surface area contributed by atoms with E-state index in [4.69, 9.17) is 4.74 Å². The van der Waals surface area contributed by atoms with Crippen LogP contribution in [0.15, 0.2) is 84.9 Å². The Bertz CT molecular complexity index is 1470. The Morgan fingerprint density at radius 3 is 2.49 bits per heavy atom. The number of amides is 2. The van der Waals surface area contributed by atoms with Gasteiger partial charge in [0.2, 0.25) is 11.8 Å². The number of hydrogen-bond acceptors (Lipinski definition) is 4. The minimum Gasteiger partial charge on any atom is -0.496 e. The number of anilines is 1. The number of nitrogens with zero attached hydrogens (tertiary/aromatic N) is 1. The van der Waals surface area contributed by atoms with Gasteiger partial charge in [-0.3, -0.25) is 9.59 Å². The number of ether oxygens (including phenoxy) is 1. The van der Waals surface area contributed by atoms with Gasteiger partial charge in [0, 0.05) is 11.3 Å². The number of benzene rings is 4. The van der Waals surface area contributed by atoms with E-state index in [0.717, 1.165) is 44.5 Å². The van der Waals surface area contributed by atoms with E-state index in [1.165, 1.54) is 0 Å². The molecule has 1 aliphatic heterocycles. The van der Waals surface area contributed by atoms with Crippen LogP contribution in [0.2, 0.25) is 0 Å². The summed E-state index contributed by atoms with van der Waals surface area (Å²) in [6.07, 6.45) is 1.24. The third kappa shape index (κ3) is 5.77. The van der Waals surface area contributed by atoms with E-state index < -0.39 is 6.04 Å². The van der Waals surface area contributed by atoms with Gasteiger partial charge >= 0.3 is 0 Å². The molecular formula is C32H34ClN3O3. The SMILES string of the molecule is CNC(C)C(=O)NC1CCc2ccccc2N(Cc2c(OC)ccc3cc(-c4ccccc4)ccc23)C1=O.Cl. The first-order chi connectivity index (χ1) is 18.5. The molecule has 0 spiro atoms. The first-order valence-corrected chi connectivity index (χ1v) is 13.0. The zero-order valence-electron chi connectivity index (χ0n) is 22.4. The first-order valence-electron chi connectivity index (χ1n) is 13.0. The van der Waals surface area contributed by atoms with Gasteiger partial charge in [0.15, 0.2) is 0 Å². The molecule has 202 valence electrons. The summed E-state index contributed by atoms with van der Waals surface area (Å²) < 4.78 is 5.79. The van der Waals surface area contributed by atoms with E-state index in [9.17, 15) is 9.59 Å². The number of rotatable bonds is 7. The normalized spacial score (nSPS) is 15.6. The fraction of sp³-hybridized carbons (Fsp3) is 0.250. The van der Waals surface area contributed by atoms with Crippen molar-refractivity contribution in [3.63, 3.8) is 0 Å². The zero-order valence-corrected chi connectivity index (χ0v) is 23.3. The Labute approximate surface area is 235 Å². The van der Waals surface area contributed by atoms with Crippen LogP contribution in [0.5, 0.6) is 5.75 Å². The lowest BCUT2D eigenvalue weighted by atomic mass is 9.97. The van der Waals surface area contributed by atoms with Gasteiger partial charge in [0.1, 0.15) is 11.8 Å². The van der Waals surface area contributed by atoms with Crippen molar-refractivity contribution >= 4 is 40.7 Å². The maximum atomic E-state index is 14.0. The lowest BCUT2D eigenvalue weighted by Gasteiger charge is -2.28. The lowest BCUT2D eigenvalue weighted by molar-refractivity contribution is -0.128. The van der Waals surface area contributed by atoms with Gasteiger partial charge in [-0.2, -0.15) is 0 Å².